The van der Waals surface area contributed by atoms with Gasteiger partial charge in [-0.05, 0) is 157 Å². The van der Waals surface area contributed by atoms with Crippen LogP contribution >= 0.6 is 0 Å². The Morgan fingerprint density at radius 2 is 0.554 bits per heavy atom. The van der Waals surface area contributed by atoms with Crippen molar-refractivity contribution >= 4 is 21.5 Å². The van der Waals surface area contributed by atoms with E-state index < -0.39 is 0 Å². The monoisotopic (exact) mass is 830 g/mol. The van der Waals surface area contributed by atoms with Crippen LogP contribution in [0.4, 0.5) is 0 Å². The Hall–Kier alpha value is -7.28. The number of rotatable bonds is 4. The van der Waals surface area contributed by atoms with Gasteiger partial charge in [0.15, 0.2) is 0 Å². The summed E-state index contributed by atoms with van der Waals surface area (Å²) in [6, 6.07) is 74.1. The number of benzene rings is 10. The Balaban J connectivity index is 1.07. The molecule has 310 valence electrons. The average molecular weight is 831 g/mol. The van der Waals surface area contributed by atoms with E-state index in [1.54, 1.807) is 0 Å². The standard InChI is InChI=1S/C65H50/c1-63(2)55-24-14-11-18-44(55)47-31-27-40(36-58(47)63)39-28-34-53-54(35-39)61(42-30-33-49-46-20-13-16-26-57(46)65(5,6)60(49)38-42)51-22-9-10-23-52(51)62(53)50-21-8-7-17-43(50)41-29-32-48-45-19-12-15-25-56(45)64(3,4)59(48)37-41/h7-38H,1-6H3. The molecular formula is C65H50. The van der Waals surface area contributed by atoms with Gasteiger partial charge in [0.05, 0.1) is 0 Å². The van der Waals surface area contributed by atoms with Gasteiger partial charge in [0, 0.05) is 16.2 Å². The largest absolute Gasteiger partial charge is 0.0619 e. The highest BCUT2D eigenvalue weighted by molar-refractivity contribution is 6.23. The van der Waals surface area contributed by atoms with Crippen molar-refractivity contribution in [3.05, 3.63) is 228 Å². The molecule has 0 nitrogen and oxygen atoms in total. The fraction of sp³-hybridized carbons (Fsp3) is 0.138. The van der Waals surface area contributed by atoms with Gasteiger partial charge in [-0.25, -0.2) is 0 Å². The van der Waals surface area contributed by atoms with Gasteiger partial charge in [0.1, 0.15) is 0 Å². The van der Waals surface area contributed by atoms with E-state index in [-0.39, 0.29) is 16.2 Å². The second-order valence-electron chi connectivity index (χ2n) is 20.4. The topological polar surface area (TPSA) is 0 Å². The number of hydrogen-bond donors (Lipinski definition) is 0. The molecule has 10 aromatic rings. The van der Waals surface area contributed by atoms with Crippen molar-refractivity contribution in [1.82, 2.24) is 0 Å². The van der Waals surface area contributed by atoms with E-state index in [9.17, 15) is 0 Å². The Kier molecular flexibility index (Phi) is 7.86. The van der Waals surface area contributed by atoms with Gasteiger partial charge in [-0.2, -0.15) is 0 Å². The molecule has 3 aliphatic carbocycles. The lowest BCUT2D eigenvalue weighted by Gasteiger charge is -2.24. The third-order valence-electron chi connectivity index (χ3n) is 15.9. The molecule has 13 rings (SSSR count). The van der Waals surface area contributed by atoms with E-state index in [0.717, 1.165) is 0 Å². The van der Waals surface area contributed by atoms with Gasteiger partial charge in [-0.15, -0.1) is 0 Å². The van der Waals surface area contributed by atoms with Gasteiger partial charge in [0.2, 0.25) is 0 Å². The van der Waals surface area contributed by atoms with Crippen molar-refractivity contribution < 1.29 is 0 Å². The summed E-state index contributed by atoms with van der Waals surface area (Å²) in [6.45, 7) is 14.3. The van der Waals surface area contributed by atoms with E-state index in [4.69, 9.17) is 0 Å². The first-order chi connectivity index (χ1) is 31.5. The minimum Gasteiger partial charge on any atom is -0.0619 e. The highest BCUT2D eigenvalue weighted by atomic mass is 14.4. The normalized spacial score (nSPS) is 15.3. The summed E-state index contributed by atoms with van der Waals surface area (Å²) >= 11 is 0. The summed E-state index contributed by atoms with van der Waals surface area (Å²) in [5.74, 6) is 0. The maximum atomic E-state index is 2.51. The van der Waals surface area contributed by atoms with E-state index in [2.05, 4.69) is 236 Å². The van der Waals surface area contributed by atoms with Crippen molar-refractivity contribution in [3.63, 3.8) is 0 Å². The lowest BCUT2D eigenvalue weighted by atomic mass is 9.79. The molecule has 0 saturated heterocycles. The van der Waals surface area contributed by atoms with Crippen molar-refractivity contribution in [2.24, 2.45) is 0 Å². The van der Waals surface area contributed by atoms with Crippen molar-refractivity contribution in [2.45, 2.75) is 57.8 Å². The van der Waals surface area contributed by atoms with Gasteiger partial charge < -0.3 is 0 Å². The second-order valence-corrected chi connectivity index (χ2v) is 20.4. The number of fused-ring (bicyclic) bond motifs is 11. The van der Waals surface area contributed by atoms with Crippen LogP contribution in [0.1, 0.15) is 74.9 Å². The zero-order valence-electron chi connectivity index (χ0n) is 38.0. The molecule has 0 unspecified atom stereocenters. The van der Waals surface area contributed by atoms with Gasteiger partial charge in [-0.3, -0.25) is 0 Å². The molecule has 0 bridgehead atoms. The van der Waals surface area contributed by atoms with Crippen LogP contribution in [0, 0.1) is 0 Å². The van der Waals surface area contributed by atoms with Crippen LogP contribution in [0.25, 0.3) is 99.4 Å². The molecule has 65 heavy (non-hydrogen) atoms. The third kappa shape index (κ3) is 5.26. The number of hydrogen-bond acceptors (Lipinski definition) is 0. The molecule has 0 amide bonds. The summed E-state index contributed by atoms with van der Waals surface area (Å²) in [5, 5.41) is 5.07. The summed E-state index contributed by atoms with van der Waals surface area (Å²) in [7, 11) is 0. The van der Waals surface area contributed by atoms with Crippen LogP contribution in [0.5, 0.6) is 0 Å². The van der Waals surface area contributed by atoms with E-state index in [1.807, 2.05) is 0 Å². The lowest BCUT2D eigenvalue weighted by molar-refractivity contribution is 0.660. The van der Waals surface area contributed by atoms with Crippen LogP contribution in [0.3, 0.4) is 0 Å². The first-order valence-corrected chi connectivity index (χ1v) is 23.3. The van der Waals surface area contributed by atoms with Gasteiger partial charge >= 0.3 is 0 Å². The molecule has 10 aromatic carbocycles. The Labute approximate surface area is 382 Å². The quantitative estimate of drug-likeness (QED) is 0.155. The summed E-state index contributed by atoms with van der Waals surface area (Å²) in [6.07, 6.45) is 0. The minimum atomic E-state index is -0.113. The average Bonchev–Trinajstić information content (AvgIpc) is 3.82. The summed E-state index contributed by atoms with van der Waals surface area (Å²) in [5.41, 5.74) is 26.3. The highest BCUT2D eigenvalue weighted by Gasteiger charge is 2.38. The molecule has 0 aromatic heterocycles. The second kappa shape index (κ2) is 13.4. The zero-order valence-corrected chi connectivity index (χ0v) is 38.0. The van der Waals surface area contributed by atoms with Crippen molar-refractivity contribution in [3.8, 4) is 77.9 Å². The molecule has 0 heterocycles. The molecule has 0 atom stereocenters. The predicted octanol–water partition coefficient (Wildman–Crippen LogP) is 17.6. The summed E-state index contributed by atoms with van der Waals surface area (Å²) < 4.78 is 0. The fourth-order valence-electron chi connectivity index (χ4n) is 12.5. The Morgan fingerprint density at radius 3 is 1.09 bits per heavy atom. The van der Waals surface area contributed by atoms with Crippen molar-refractivity contribution in [2.75, 3.05) is 0 Å². The first kappa shape index (κ1) is 38.2. The fourth-order valence-corrected chi connectivity index (χ4v) is 12.5. The minimum absolute atomic E-state index is 0.0820. The molecule has 3 aliphatic rings. The highest BCUT2D eigenvalue weighted by Crippen LogP contribution is 2.55. The van der Waals surface area contributed by atoms with E-state index in [1.165, 1.54) is 133 Å². The molecule has 0 N–H and O–H groups in total. The van der Waals surface area contributed by atoms with Crippen LogP contribution in [0.15, 0.2) is 194 Å². The lowest BCUT2D eigenvalue weighted by Crippen LogP contribution is -2.15. The molecule has 0 fully saturated rings. The zero-order chi connectivity index (χ0) is 44.0. The van der Waals surface area contributed by atoms with E-state index in [0.29, 0.717) is 0 Å². The molecule has 0 heteroatoms. The smallest absolute Gasteiger partial charge is 0.0159 e. The predicted molar refractivity (Wildman–Crippen MR) is 276 cm³/mol. The van der Waals surface area contributed by atoms with Crippen molar-refractivity contribution in [1.29, 1.82) is 0 Å². The molecule has 0 saturated carbocycles. The summed E-state index contributed by atoms with van der Waals surface area (Å²) in [4.78, 5) is 0. The molecule has 0 radical (unpaired) electrons. The van der Waals surface area contributed by atoms with Crippen LogP contribution < -0.4 is 0 Å². The SMILES string of the molecule is CC1(C)c2ccccc2-c2ccc(-c3ccc4c(-c5ccccc5-c5ccc6c(c5)C(C)(C)c5ccccc5-6)c5ccccc5c(-c5ccc6c(c5)C(C)(C)c5ccccc5-6)c4c3)cc21. The Bertz CT molecular complexity index is 3680. The van der Waals surface area contributed by atoms with Crippen LogP contribution in [-0.4, -0.2) is 0 Å². The molecular weight excluding hydrogens is 781 g/mol. The maximum Gasteiger partial charge on any atom is 0.0159 e. The maximum absolute atomic E-state index is 2.51. The van der Waals surface area contributed by atoms with Gasteiger partial charge in [-0.1, -0.05) is 211 Å². The third-order valence-corrected chi connectivity index (χ3v) is 15.9. The molecule has 0 aliphatic heterocycles. The van der Waals surface area contributed by atoms with Crippen LogP contribution in [0.2, 0.25) is 0 Å². The Morgan fingerprint density at radius 1 is 0.215 bits per heavy atom. The molecule has 0 spiro atoms. The van der Waals surface area contributed by atoms with Crippen LogP contribution in [-0.2, 0) is 16.2 Å². The first-order valence-electron chi connectivity index (χ1n) is 23.3. The van der Waals surface area contributed by atoms with Gasteiger partial charge in [0.25, 0.3) is 0 Å². The van der Waals surface area contributed by atoms with E-state index >= 15 is 0 Å².